The quantitative estimate of drug-likeness (QED) is 0.0360. The summed E-state index contributed by atoms with van der Waals surface area (Å²) < 4.78 is 7.26. The summed E-state index contributed by atoms with van der Waals surface area (Å²) >= 11 is 0. The van der Waals surface area contributed by atoms with Crippen LogP contribution in [-0.4, -0.2) is 193 Å². The van der Waals surface area contributed by atoms with Crippen molar-refractivity contribution in [3.05, 3.63) is 108 Å². The molecule has 1 fully saturated rings. The number of aliphatic carboxylic acids is 3. The highest BCUT2D eigenvalue weighted by Gasteiger charge is 2.27. The smallest absolute Gasteiger partial charge is 0.488 e. The molecular formula is C50H64BN8O11+. The molecule has 6 rings (SSSR count). The van der Waals surface area contributed by atoms with Gasteiger partial charge >= 0.3 is 25.0 Å². The van der Waals surface area contributed by atoms with Crippen LogP contribution >= 0.6 is 0 Å². The average Bonchev–Trinajstić information content (AvgIpc) is 3.33. The highest BCUT2D eigenvalue weighted by molar-refractivity contribution is 6.59. The minimum Gasteiger partial charge on any atom is -0.497 e. The summed E-state index contributed by atoms with van der Waals surface area (Å²) in [6.45, 7) is 2.16. The van der Waals surface area contributed by atoms with Crippen molar-refractivity contribution in [2.45, 2.75) is 25.6 Å². The number of hydrogen-bond acceptors (Lipinski definition) is 13. The zero-order chi connectivity index (χ0) is 50.3. The van der Waals surface area contributed by atoms with Gasteiger partial charge in [-0.15, -0.1) is 0 Å². The van der Waals surface area contributed by atoms with Gasteiger partial charge in [0.2, 0.25) is 18.0 Å². The Labute approximate surface area is 407 Å². The van der Waals surface area contributed by atoms with Crippen LogP contribution in [-0.2, 0) is 37.1 Å². The Balaban J connectivity index is 1.15. The molecule has 1 atom stereocenters. The topological polar surface area (TPSA) is 231 Å². The number of ether oxygens (including phenoxy) is 1. The maximum absolute atomic E-state index is 13.9. The lowest BCUT2D eigenvalue weighted by Crippen LogP contribution is -2.49. The predicted octanol–water partition coefficient (Wildman–Crippen LogP) is 0.787. The third-order valence-corrected chi connectivity index (χ3v) is 12.8. The van der Waals surface area contributed by atoms with Crippen LogP contribution in [0.4, 0.5) is 5.69 Å². The van der Waals surface area contributed by atoms with E-state index in [0.29, 0.717) is 50.4 Å². The van der Waals surface area contributed by atoms with Crippen molar-refractivity contribution in [3.8, 4) is 5.75 Å². The molecule has 19 nitrogen and oxygen atoms in total. The molecule has 372 valence electrons. The van der Waals surface area contributed by atoms with E-state index in [-0.39, 0.29) is 83.3 Å². The molecule has 70 heavy (non-hydrogen) atoms. The van der Waals surface area contributed by atoms with Gasteiger partial charge < -0.3 is 45.2 Å². The molecule has 1 aliphatic heterocycles. The number of nitrogens with zero attached hydrogens (tertiary/aromatic N) is 7. The summed E-state index contributed by atoms with van der Waals surface area (Å²) in [7, 11) is 3.56. The number of aromatic nitrogens is 1. The first-order chi connectivity index (χ1) is 33.6. The van der Waals surface area contributed by atoms with E-state index in [2.05, 4.69) is 5.32 Å². The number of anilines is 1. The maximum atomic E-state index is 13.9. The molecule has 2 heterocycles. The molecule has 1 unspecified atom stereocenters. The van der Waals surface area contributed by atoms with Gasteiger partial charge in [-0.1, -0.05) is 48.5 Å². The van der Waals surface area contributed by atoms with Gasteiger partial charge in [0, 0.05) is 102 Å². The normalized spacial score (nSPS) is 15.1. The molecule has 6 N–H and O–H groups in total. The number of carbonyl (C=O) groups is 5. The molecule has 0 saturated carbocycles. The van der Waals surface area contributed by atoms with Gasteiger partial charge in [-0.25, -0.2) is 0 Å². The zero-order valence-corrected chi connectivity index (χ0v) is 40.0. The lowest BCUT2D eigenvalue weighted by atomic mass is 9.74. The van der Waals surface area contributed by atoms with E-state index < -0.39 is 25.0 Å². The van der Waals surface area contributed by atoms with E-state index in [1.165, 1.54) is 0 Å². The summed E-state index contributed by atoms with van der Waals surface area (Å²) in [5.41, 5.74) is 3.65. The van der Waals surface area contributed by atoms with Gasteiger partial charge in [-0.3, -0.25) is 43.6 Å². The molecule has 1 aromatic heterocycles. The first-order valence-electron chi connectivity index (χ1n) is 23.3. The fourth-order valence-electron chi connectivity index (χ4n) is 8.99. The Morgan fingerprint density at radius 3 is 1.80 bits per heavy atom. The van der Waals surface area contributed by atoms with Crippen LogP contribution in [0.15, 0.2) is 97.2 Å². The van der Waals surface area contributed by atoms with Crippen molar-refractivity contribution in [1.82, 2.24) is 29.8 Å². The predicted molar refractivity (Wildman–Crippen MR) is 265 cm³/mol. The molecule has 20 heteroatoms. The molecule has 2 amide bonds. The second-order valence-corrected chi connectivity index (χ2v) is 17.7. The van der Waals surface area contributed by atoms with Crippen LogP contribution in [0.1, 0.15) is 23.6 Å². The summed E-state index contributed by atoms with van der Waals surface area (Å²) in [5.74, 6) is -2.78. The number of fused-ring (bicyclic) bond motifs is 3. The van der Waals surface area contributed by atoms with Crippen molar-refractivity contribution >= 4 is 69.7 Å². The maximum Gasteiger partial charge on any atom is 0.488 e. The number of pyridine rings is 1. The number of rotatable bonds is 20. The Kier molecular flexibility index (Phi) is 19.0. The number of nitrogens with one attached hydrogen (secondary N) is 1. The van der Waals surface area contributed by atoms with Crippen molar-refractivity contribution < 1.29 is 58.6 Å². The van der Waals surface area contributed by atoms with E-state index in [9.17, 15) is 49.3 Å². The Morgan fingerprint density at radius 2 is 1.24 bits per heavy atom. The molecular weight excluding hydrogens is 899 g/mol. The molecule has 0 spiro atoms. The van der Waals surface area contributed by atoms with Crippen LogP contribution in [0.3, 0.4) is 0 Å². The summed E-state index contributed by atoms with van der Waals surface area (Å²) in [6, 6.07) is 28.2. The van der Waals surface area contributed by atoms with Gasteiger partial charge in [0.05, 0.1) is 44.7 Å². The van der Waals surface area contributed by atoms with E-state index in [1.54, 1.807) is 45.9 Å². The summed E-state index contributed by atoms with van der Waals surface area (Å²) in [4.78, 5) is 73.5. The molecule has 0 aliphatic carbocycles. The fraction of sp³-hybridized carbons (Fsp3) is 0.400. The Morgan fingerprint density at radius 1 is 0.700 bits per heavy atom. The van der Waals surface area contributed by atoms with Crippen molar-refractivity contribution in [2.75, 3.05) is 111 Å². The monoisotopic (exact) mass is 963 g/mol. The molecule has 4 aromatic carbocycles. The number of amides is 2. The van der Waals surface area contributed by atoms with Crippen molar-refractivity contribution in [3.63, 3.8) is 0 Å². The van der Waals surface area contributed by atoms with E-state index in [1.807, 2.05) is 106 Å². The van der Waals surface area contributed by atoms with Gasteiger partial charge in [-0.2, -0.15) is 4.57 Å². The van der Waals surface area contributed by atoms with Crippen LogP contribution in [0.5, 0.6) is 5.75 Å². The largest absolute Gasteiger partial charge is 0.497 e. The van der Waals surface area contributed by atoms with Crippen LogP contribution in [0.2, 0.25) is 0 Å². The third-order valence-electron chi connectivity index (χ3n) is 12.8. The number of carboxylic acids is 3. The number of carbonyl (C=O) groups excluding carboxylic acids is 2. The van der Waals surface area contributed by atoms with E-state index in [0.717, 1.165) is 38.5 Å². The highest BCUT2D eigenvalue weighted by atomic mass is 16.5. The SMILES string of the molecule is COc1ccc(N(C)C(CCNC(=O)C[n+]2cc3ccccc3c3cc(CN(C)C(=O)CN4CCN(CC(=O)O)CCN(CC(=O)O)CCN(CC(=O)O)CC4)ccc32)c2ccccc2B(O)O)cc1. The van der Waals surface area contributed by atoms with Gasteiger partial charge in [-0.05, 0) is 59.4 Å². The number of carboxylic acid groups (broad SMARTS) is 3. The molecule has 1 saturated heterocycles. The summed E-state index contributed by atoms with van der Waals surface area (Å²) in [6.07, 6.45) is 2.40. The Hall–Kier alpha value is -6.68. The van der Waals surface area contributed by atoms with Gasteiger partial charge in [0.15, 0.2) is 6.20 Å². The highest BCUT2D eigenvalue weighted by Crippen LogP contribution is 2.29. The minimum atomic E-state index is -1.68. The first-order valence-corrected chi connectivity index (χ1v) is 23.3. The number of methoxy groups -OCH3 is 1. The van der Waals surface area contributed by atoms with Gasteiger partial charge in [0.1, 0.15) is 5.75 Å². The fourth-order valence-corrected chi connectivity index (χ4v) is 8.99. The standard InChI is InChI=1S/C50H63BN8O11/c1-53(47(61)32-55-20-22-56(33-48(62)63)24-26-58(35-50(66)67)27-25-57(23-21-55)34-49(64)65)29-36-12-17-45-42(28-36)40-9-5-4-8-37(40)30-59(45)31-46(60)52-19-18-44(41-10-6-7-11-43(41)51(68)69)54(2)38-13-15-39(70-3)16-14-38/h4-17,28,30,44,68-69H,18-27,29,31-35H2,1-3H3,(H3-,52,60,62,63,64,65,66,67)/p+1. The molecule has 0 bridgehead atoms. The zero-order valence-electron chi connectivity index (χ0n) is 40.0. The first kappa shape index (κ1) is 52.7. The second-order valence-electron chi connectivity index (χ2n) is 17.7. The van der Waals surface area contributed by atoms with Crippen molar-refractivity contribution in [2.24, 2.45) is 0 Å². The minimum absolute atomic E-state index is 0.00347. The number of likely N-dealkylation sites (N-methyl/N-ethyl adjacent to an activating group) is 1. The number of hydrogen-bond donors (Lipinski definition) is 6. The lowest BCUT2D eigenvalue weighted by Gasteiger charge is -2.33. The Bertz CT molecular complexity index is 2570. The van der Waals surface area contributed by atoms with Gasteiger partial charge in [0.25, 0.3) is 5.91 Å². The molecule has 1 aliphatic rings. The van der Waals surface area contributed by atoms with Crippen molar-refractivity contribution in [1.29, 1.82) is 0 Å². The van der Waals surface area contributed by atoms with E-state index >= 15 is 0 Å². The average molecular weight is 964 g/mol. The molecule has 5 aromatic rings. The van der Waals surface area contributed by atoms with Crippen LogP contribution in [0, 0.1) is 0 Å². The number of benzene rings is 4. The lowest BCUT2D eigenvalue weighted by molar-refractivity contribution is -0.657. The van der Waals surface area contributed by atoms with E-state index in [4.69, 9.17) is 4.74 Å². The molecule has 0 radical (unpaired) electrons. The summed E-state index contributed by atoms with van der Waals surface area (Å²) in [5, 5.41) is 55.1. The van der Waals surface area contributed by atoms with Crippen LogP contribution in [0.25, 0.3) is 21.7 Å². The second kappa shape index (κ2) is 25.3. The third kappa shape index (κ3) is 14.9. The van der Waals surface area contributed by atoms with Crippen LogP contribution < -0.4 is 25.0 Å².